The fourth-order valence-corrected chi connectivity index (χ4v) is 2.37. The molecule has 0 spiro atoms. The van der Waals surface area contributed by atoms with Crippen molar-refractivity contribution in [2.75, 3.05) is 24.6 Å². The summed E-state index contributed by atoms with van der Waals surface area (Å²) in [7, 11) is 0. The highest BCUT2D eigenvalue weighted by atomic mass is 16.3. The first kappa shape index (κ1) is 11.2. The molecule has 8 heteroatoms. The predicted molar refractivity (Wildman–Crippen MR) is 66.7 cm³/mol. The largest absolute Gasteiger partial charge is 0.395 e. The quantitative estimate of drug-likeness (QED) is 0.531. The Kier molecular flexibility index (Phi) is 2.53. The molecule has 0 aliphatic carbocycles. The summed E-state index contributed by atoms with van der Waals surface area (Å²) in [5, 5.41) is 12.4. The summed E-state index contributed by atoms with van der Waals surface area (Å²) in [6.07, 6.45) is 2.52. The van der Waals surface area contributed by atoms with E-state index in [-0.39, 0.29) is 24.6 Å². The zero-order valence-electron chi connectivity index (χ0n) is 9.74. The van der Waals surface area contributed by atoms with Gasteiger partial charge >= 0.3 is 0 Å². The highest BCUT2D eigenvalue weighted by Crippen LogP contribution is 2.25. The van der Waals surface area contributed by atoms with Crippen molar-refractivity contribution in [1.29, 1.82) is 0 Å². The molecule has 1 aliphatic rings. The molecular formula is C10H15N7O. The lowest BCUT2D eigenvalue weighted by molar-refractivity contribution is 0.253. The summed E-state index contributed by atoms with van der Waals surface area (Å²) in [6, 6.07) is 0.310. The molecule has 18 heavy (non-hydrogen) atoms. The number of imidazole rings is 1. The van der Waals surface area contributed by atoms with Crippen molar-refractivity contribution in [2.24, 2.45) is 0 Å². The lowest BCUT2D eigenvalue weighted by Gasteiger charge is -2.11. The number of nitrogens with two attached hydrogens (primary N) is 2. The topological polar surface area (TPSA) is 128 Å². The first-order valence-corrected chi connectivity index (χ1v) is 5.79. The Bertz CT molecular complexity index is 581. The fraction of sp³-hybridized carbons (Fsp3) is 0.500. The summed E-state index contributed by atoms with van der Waals surface area (Å²) >= 11 is 0. The SMILES string of the molecule is Nc1nc(N)c2ncn(C3CN[C@@H](CO)C3)c2n1. The van der Waals surface area contributed by atoms with E-state index in [2.05, 4.69) is 20.3 Å². The maximum atomic E-state index is 9.13. The van der Waals surface area contributed by atoms with Crippen LogP contribution in [0.25, 0.3) is 11.2 Å². The second-order valence-corrected chi connectivity index (χ2v) is 4.47. The first-order chi connectivity index (χ1) is 8.69. The van der Waals surface area contributed by atoms with Crippen LogP contribution >= 0.6 is 0 Å². The maximum absolute atomic E-state index is 9.13. The van der Waals surface area contributed by atoms with Crippen molar-refractivity contribution in [2.45, 2.75) is 18.5 Å². The molecule has 2 atom stereocenters. The molecule has 0 aromatic carbocycles. The van der Waals surface area contributed by atoms with Crippen LogP contribution in [0.2, 0.25) is 0 Å². The Morgan fingerprint density at radius 1 is 1.44 bits per heavy atom. The van der Waals surface area contributed by atoms with Crippen molar-refractivity contribution >= 4 is 22.9 Å². The van der Waals surface area contributed by atoms with Gasteiger partial charge in [-0.05, 0) is 6.42 Å². The van der Waals surface area contributed by atoms with Gasteiger partial charge in [0.2, 0.25) is 5.95 Å². The zero-order chi connectivity index (χ0) is 12.7. The van der Waals surface area contributed by atoms with Gasteiger partial charge in [-0.3, -0.25) is 0 Å². The van der Waals surface area contributed by atoms with Crippen molar-refractivity contribution in [3.63, 3.8) is 0 Å². The molecular weight excluding hydrogens is 234 g/mol. The third-order valence-electron chi connectivity index (χ3n) is 3.28. The predicted octanol–water partition coefficient (Wildman–Crippen LogP) is -1.11. The van der Waals surface area contributed by atoms with Crippen molar-refractivity contribution in [1.82, 2.24) is 24.8 Å². The summed E-state index contributed by atoms with van der Waals surface area (Å²) in [6.45, 7) is 0.892. The van der Waals surface area contributed by atoms with E-state index in [0.717, 1.165) is 13.0 Å². The van der Waals surface area contributed by atoms with Crippen LogP contribution in [0.15, 0.2) is 6.33 Å². The van der Waals surface area contributed by atoms with Gasteiger partial charge in [0.1, 0.15) is 5.52 Å². The Labute approximate surface area is 103 Å². The number of fused-ring (bicyclic) bond motifs is 1. The number of anilines is 2. The van der Waals surface area contributed by atoms with E-state index < -0.39 is 0 Å². The van der Waals surface area contributed by atoms with Crippen LogP contribution in [0.3, 0.4) is 0 Å². The van der Waals surface area contributed by atoms with Gasteiger partial charge in [-0.1, -0.05) is 0 Å². The van der Waals surface area contributed by atoms with Crippen LogP contribution in [-0.4, -0.2) is 43.8 Å². The van der Waals surface area contributed by atoms with Crippen LogP contribution in [0.4, 0.5) is 11.8 Å². The van der Waals surface area contributed by atoms with E-state index in [0.29, 0.717) is 17.0 Å². The Morgan fingerprint density at radius 2 is 2.28 bits per heavy atom. The molecule has 0 amide bonds. The average molecular weight is 249 g/mol. The van der Waals surface area contributed by atoms with Crippen LogP contribution in [0, 0.1) is 0 Å². The molecule has 1 fully saturated rings. The Morgan fingerprint density at radius 3 is 3.00 bits per heavy atom. The van der Waals surface area contributed by atoms with Crippen LogP contribution < -0.4 is 16.8 Å². The third-order valence-corrected chi connectivity index (χ3v) is 3.28. The number of aliphatic hydroxyl groups is 1. The number of hydrogen-bond donors (Lipinski definition) is 4. The van der Waals surface area contributed by atoms with E-state index in [1.165, 1.54) is 0 Å². The van der Waals surface area contributed by atoms with Gasteiger partial charge in [-0.15, -0.1) is 0 Å². The second-order valence-electron chi connectivity index (χ2n) is 4.47. The minimum Gasteiger partial charge on any atom is -0.395 e. The molecule has 8 nitrogen and oxygen atoms in total. The van der Waals surface area contributed by atoms with E-state index in [1.807, 2.05) is 4.57 Å². The van der Waals surface area contributed by atoms with Crippen LogP contribution in [0.1, 0.15) is 12.5 Å². The van der Waals surface area contributed by atoms with Gasteiger partial charge in [0.15, 0.2) is 11.5 Å². The monoisotopic (exact) mass is 249 g/mol. The molecule has 2 aromatic rings. The third kappa shape index (κ3) is 1.66. The minimum atomic E-state index is 0.115. The molecule has 1 unspecified atom stereocenters. The highest BCUT2D eigenvalue weighted by molar-refractivity contribution is 5.82. The molecule has 0 radical (unpaired) electrons. The van der Waals surface area contributed by atoms with Gasteiger partial charge in [0.05, 0.1) is 19.0 Å². The molecule has 6 N–H and O–H groups in total. The first-order valence-electron chi connectivity index (χ1n) is 5.79. The molecule has 0 bridgehead atoms. The summed E-state index contributed by atoms with van der Waals surface area (Å²) < 4.78 is 1.94. The standard InChI is InChI=1S/C10H15N7O/c11-8-7-9(16-10(12)15-8)17(4-14-7)6-1-5(3-18)13-2-6/h4-6,13,18H,1-3H2,(H4,11,12,15,16)/t5-,6?/m1/s1. The normalized spacial score (nSPS) is 23.8. The summed E-state index contributed by atoms with van der Waals surface area (Å²) in [4.78, 5) is 12.3. The van der Waals surface area contributed by atoms with Crippen molar-refractivity contribution in [3.8, 4) is 0 Å². The minimum absolute atomic E-state index is 0.115. The number of nitrogens with zero attached hydrogens (tertiary/aromatic N) is 4. The Hall–Kier alpha value is -1.93. The van der Waals surface area contributed by atoms with Crippen LogP contribution in [-0.2, 0) is 0 Å². The van der Waals surface area contributed by atoms with E-state index in [4.69, 9.17) is 16.6 Å². The number of aromatic nitrogens is 4. The number of rotatable bonds is 2. The number of aliphatic hydroxyl groups excluding tert-OH is 1. The van der Waals surface area contributed by atoms with Gasteiger partial charge in [-0.25, -0.2) is 4.98 Å². The smallest absolute Gasteiger partial charge is 0.224 e. The van der Waals surface area contributed by atoms with Crippen molar-refractivity contribution < 1.29 is 5.11 Å². The van der Waals surface area contributed by atoms with E-state index in [1.54, 1.807) is 6.33 Å². The molecule has 96 valence electrons. The van der Waals surface area contributed by atoms with Gasteiger partial charge in [-0.2, -0.15) is 9.97 Å². The number of nitrogens with one attached hydrogen (secondary N) is 1. The molecule has 1 aliphatic heterocycles. The molecule has 0 saturated carbocycles. The zero-order valence-corrected chi connectivity index (χ0v) is 9.74. The van der Waals surface area contributed by atoms with Gasteiger partial charge in [0, 0.05) is 12.6 Å². The average Bonchev–Trinajstić information content (AvgIpc) is 2.93. The number of nitrogen functional groups attached to an aromatic ring is 2. The molecule has 3 heterocycles. The fourth-order valence-electron chi connectivity index (χ4n) is 2.37. The van der Waals surface area contributed by atoms with Crippen molar-refractivity contribution in [3.05, 3.63) is 6.33 Å². The lowest BCUT2D eigenvalue weighted by atomic mass is 10.2. The highest BCUT2D eigenvalue weighted by Gasteiger charge is 2.26. The molecule has 1 saturated heterocycles. The van der Waals surface area contributed by atoms with E-state index in [9.17, 15) is 0 Å². The van der Waals surface area contributed by atoms with Crippen LogP contribution in [0.5, 0.6) is 0 Å². The van der Waals surface area contributed by atoms with Gasteiger partial charge in [0.25, 0.3) is 0 Å². The molecule has 2 aromatic heterocycles. The number of hydrogen-bond acceptors (Lipinski definition) is 7. The molecule has 3 rings (SSSR count). The maximum Gasteiger partial charge on any atom is 0.224 e. The Balaban J connectivity index is 2.03. The second kappa shape index (κ2) is 4.07. The van der Waals surface area contributed by atoms with E-state index >= 15 is 0 Å². The summed E-state index contributed by atoms with van der Waals surface area (Å²) in [5.41, 5.74) is 12.6. The summed E-state index contributed by atoms with van der Waals surface area (Å²) in [5.74, 6) is 0.437. The lowest BCUT2D eigenvalue weighted by Crippen LogP contribution is -2.24. The van der Waals surface area contributed by atoms with Gasteiger partial charge < -0.3 is 26.5 Å².